The van der Waals surface area contributed by atoms with Gasteiger partial charge in [0.25, 0.3) is 5.56 Å². The molecule has 7 heteroatoms. The van der Waals surface area contributed by atoms with E-state index in [1.807, 2.05) is 6.07 Å². The summed E-state index contributed by atoms with van der Waals surface area (Å²) in [4.78, 5) is 12.1. The Hall–Kier alpha value is -2.25. The van der Waals surface area contributed by atoms with Crippen LogP contribution in [0.2, 0.25) is 0 Å². The highest BCUT2D eigenvalue weighted by molar-refractivity contribution is 5.20. The highest BCUT2D eigenvalue weighted by Crippen LogP contribution is 2.34. The second kappa shape index (κ2) is 9.80. The first-order valence-corrected chi connectivity index (χ1v) is 9.60. The molecule has 1 aliphatic carbocycles. The average molecular weight is 392 g/mol. The van der Waals surface area contributed by atoms with E-state index in [1.165, 1.54) is 28.5 Å². The van der Waals surface area contributed by atoms with Crippen LogP contribution in [-0.2, 0) is 4.74 Å². The lowest BCUT2D eigenvalue weighted by molar-refractivity contribution is -0.0505. The zero-order valence-corrected chi connectivity index (χ0v) is 15.7. The lowest BCUT2D eigenvalue weighted by Gasteiger charge is -2.30. The number of nitrogens with zero attached hydrogens (tertiary/aromatic N) is 1. The average Bonchev–Trinajstić information content (AvgIpc) is 2.71. The Kier molecular flexibility index (Phi) is 7.17. The quantitative estimate of drug-likeness (QED) is 0.744. The van der Waals surface area contributed by atoms with E-state index in [0.717, 1.165) is 25.7 Å². The van der Waals surface area contributed by atoms with Crippen molar-refractivity contribution in [2.24, 2.45) is 5.73 Å². The second-order valence-electron chi connectivity index (χ2n) is 7.10. The van der Waals surface area contributed by atoms with Crippen LogP contribution in [0.3, 0.4) is 0 Å². The minimum absolute atomic E-state index is 0.0728. The Balaban J connectivity index is 1.56. The number of halogens is 2. The van der Waals surface area contributed by atoms with E-state index in [0.29, 0.717) is 5.92 Å². The van der Waals surface area contributed by atoms with Gasteiger partial charge < -0.3 is 19.8 Å². The maximum absolute atomic E-state index is 12.4. The lowest BCUT2D eigenvalue weighted by Crippen LogP contribution is -2.34. The van der Waals surface area contributed by atoms with Crippen LogP contribution in [0, 0.1) is 0 Å². The Morgan fingerprint density at radius 1 is 1.07 bits per heavy atom. The monoisotopic (exact) mass is 392 g/mol. The summed E-state index contributed by atoms with van der Waals surface area (Å²) < 4.78 is 36.6. The molecule has 2 aromatic rings. The predicted octanol–water partition coefficient (Wildman–Crippen LogP) is 3.69. The van der Waals surface area contributed by atoms with Crippen molar-refractivity contribution in [3.05, 3.63) is 64.6 Å². The summed E-state index contributed by atoms with van der Waals surface area (Å²) in [6, 6.07) is 12.5. The highest BCUT2D eigenvalue weighted by Gasteiger charge is 2.24. The number of hydrogen-bond acceptors (Lipinski definition) is 4. The molecule has 1 aliphatic rings. The molecule has 1 aromatic carbocycles. The third-order valence-electron chi connectivity index (χ3n) is 5.27. The second-order valence-corrected chi connectivity index (χ2v) is 7.10. The molecule has 1 atom stereocenters. The maximum atomic E-state index is 12.4. The molecule has 0 aliphatic heterocycles. The standard InChI is InChI=1S/C21H26F2N2O3/c22-21(23)28-19-10-11-20(26)25(13-19)17(12-24)14-27-18-8-6-16(7-9-18)15-4-2-1-3-5-15/h1-5,10-11,13,16-18,21H,6-9,12,14,24H2/t16-,17?,18+. The van der Waals surface area contributed by atoms with Crippen LogP contribution in [0.25, 0.3) is 0 Å². The molecule has 1 fully saturated rings. The third-order valence-corrected chi connectivity index (χ3v) is 5.27. The van der Waals surface area contributed by atoms with Gasteiger partial charge in [-0.25, -0.2) is 0 Å². The summed E-state index contributed by atoms with van der Waals surface area (Å²) in [6.07, 6.45) is 5.38. The summed E-state index contributed by atoms with van der Waals surface area (Å²) in [5.74, 6) is 0.480. The molecule has 1 heterocycles. The summed E-state index contributed by atoms with van der Waals surface area (Å²) in [6.45, 7) is -2.52. The van der Waals surface area contributed by atoms with Crippen molar-refractivity contribution in [3.8, 4) is 5.75 Å². The van der Waals surface area contributed by atoms with Crippen LogP contribution < -0.4 is 16.0 Å². The van der Waals surface area contributed by atoms with Gasteiger partial charge in [0.15, 0.2) is 0 Å². The molecule has 1 saturated carbocycles. The molecule has 0 amide bonds. The van der Waals surface area contributed by atoms with Gasteiger partial charge in [0.05, 0.1) is 18.8 Å². The van der Waals surface area contributed by atoms with Gasteiger partial charge >= 0.3 is 6.61 Å². The Morgan fingerprint density at radius 2 is 1.79 bits per heavy atom. The van der Waals surface area contributed by atoms with E-state index in [4.69, 9.17) is 10.5 Å². The Bertz CT molecular complexity index is 790. The fourth-order valence-electron chi connectivity index (χ4n) is 3.74. The van der Waals surface area contributed by atoms with Gasteiger partial charge in [-0.2, -0.15) is 8.78 Å². The van der Waals surface area contributed by atoms with Gasteiger partial charge in [-0.3, -0.25) is 4.79 Å². The van der Waals surface area contributed by atoms with E-state index in [1.54, 1.807) is 0 Å². The summed E-state index contributed by atoms with van der Waals surface area (Å²) in [5, 5.41) is 0. The van der Waals surface area contributed by atoms with E-state index in [2.05, 4.69) is 29.0 Å². The molecule has 0 radical (unpaired) electrons. The first kappa shape index (κ1) is 20.5. The van der Waals surface area contributed by atoms with Crippen LogP contribution in [0.4, 0.5) is 8.78 Å². The largest absolute Gasteiger partial charge is 0.433 e. The van der Waals surface area contributed by atoms with Crippen LogP contribution in [0.1, 0.15) is 43.2 Å². The fraction of sp³-hybridized carbons (Fsp3) is 0.476. The van der Waals surface area contributed by atoms with Crippen molar-refractivity contribution in [1.29, 1.82) is 0 Å². The molecule has 1 aromatic heterocycles. The normalized spacial score (nSPS) is 20.9. The Labute approximate surface area is 163 Å². The van der Waals surface area contributed by atoms with Crippen LogP contribution >= 0.6 is 0 Å². The smallest absolute Gasteiger partial charge is 0.387 e. The number of hydrogen-bond donors (Lipinski definition) is 1. The van der Waals surface area contributed by atoms with E-state index in [-0.39, 0.29) is 30.6 Å². The van der Waals surface area contributed by atoms with Gasteiger partial charge in [-0.05, 0) is 43.2 Å². The van der Waals surface area contributed by atoms with Gasteiger partial charge in [-0.1, -0.05) is 30.3 Å². The van der Waals surface area contributed by atoms with Crippen molar-refractivity contribution in [3.63, 3.8) is 0 Å². The number of rotatable bonds is 8. The summed E-state index contributed by atoms with van der Waals surface area (Å²) in [7, 11) is 0. The number of alkyl halides is 2. The van der Waals surface area contributed by atoms with Crippen LogP contribution in [0.15, 0.2) is 53.5 Å². The lowest BCUT2D eigenvalue weighted by atomic mass is 9.83. The van der Waals surface area contributed by atoms with Crippen molar-refractivity contribution >= 4 is 0 Å². The molecular formula is C21H26F2N2O3. The van der Waals surface area contributed by atoms with Crippen molar-refractivity contribution in [1.82, 2.24) is 4.57 Å². The molecule has 0 spiro atoms. The van der Waals surface area contributed by atoms with Crippen molar-refractivity contribution in [2.75, 3.05) is 13.2 Å². The molecule has 152 valence electrons. The molecule has 28 heavy (non-hydrogen) atoms. The van der Waals surface area contributed by atoms with Gasteiger partial charge in [-0.15, -0.1) is 0 Å². The summed E-state index contributed by atoms with van der Waals surface area (Å²) >= 11 is 0. The molecule has 0 bridgehead atoms. The zero-order chi connectivity index (χ0) is 19.9. The molecular weight excluding hydrogens is 366 g/mol. The number of ether oxygens (including phenoxy) is 2. The SMILES string of the molecule is NCC(CO[C@H]1CC[C@@H](c2ccccc2)CC1)n1cc(OC(F)F)ccc1=O. The van der Waals surface area contributed by atoms with Crippen molar-refractivity contribution in [2.45, 2.75) is 50.4 Å². The first-order chi connectivity index (χ1) is 13.6. The topological polar surface area (TPSA) is 66.5 Å². The van der Waals surface area contributed by atoms with Crippen LogP contribution in [0.5, 0.6) is 5.75 Å². The van der Waals surface area contributed by atoms with Gasteiger partial charge in [0, 0.05) is 18.8 Å². The molecule has 5 nitrogen and oxygen atoms in total. The van der Waals surface area contributed by atoms with Gasteiger partial charge in [0.1, 0.15) is 5.75 Å². The number of benzene rings is 1. The summed E-state index contributed by atoms with van der Waals surface area (Å²) in [5.41, 5.74) is 6.85. The fourth-order valence-corrected chi connectivity index (χ4v) is 3.74. The van der Waals surface area contributed by atoms with Crippen LogP contribution in [-0.4, -0.2) is 30.4 Å². The molecule has 0 saturated heterocycles. The third kappa shape index (κ3) is 5.39. The van der Waals surface area contributed by atoms with E-state index >= 15 is 0 Å². The molecule has 2 N–H and O–H groups in total. The first-order valence-electron chi connectivity index (χ1n) is 9.60. The number of pyridine rings is 1. The van der Waals surface area contributed by atoms with Crippen molar-refractivity contribution < 1.29 is 18.3 Å². The zero-order valence-electron chi connectivity index (χ0n) is 15.7. The van der Waals surface area contributed by atoms with E-state index in [9.17, 15) is 13.6 Å². The molecule has 1 unspecified atom stereocenters. The van der Waals surface area contributed by atoms with Gasteiger partial charge in [0.2, 0.25) is 0 Å². The predicted molar refractivity (Wildman–Crippen MR) is 103 cm³/mol. The maximum Gasteiger partial charge on any atom is 0.387 e. The molecule has 3 rings (SSSR count). The number of nitrogens with two attached hydrogens (primary N) is 1. The minimum atomic E-state index is -2.95. The van der Waals surface area contributed by atoms with E-state index < -0.39 is 12.7 Å². The highest BCUT2D eigenvalue weighted by atomic mass is 19.3. The number of aromatic nitrogens is 1. The Morgan fingerprint density at radius 3 is 2.43 bits per heavy atom. The minimum Gasteiger partial charge on any atom is -0.433 e.